The fourth-order valence-electron chi connectivity index (χ4n) is 0.533. The molecular weight excluding hydrogens is 136 g/mol. The summed E-state index contributed by atoms with van der Waals surface area (Å²) in [5.74, 6) is 0.938. The topological polar surface area (TPSA) is 82.0 Å². The molecule has 0 saturated heterocycles. The third-order valence-electron chi connectivity index (χ3n) is 0.827. The summed E-state index contributed by atoms with van der Waals surface area (Å²) >= 11 is 4.72. The van der Waals surface area contributed by atoms with E-state index < -0.39 is 0 Å². The zero-order chi connectivity index (χ0) is 6.85. The highest BCUT2D eigenvalue weighted by Gasteiger charge is 1.92. The molecule has 0 saturated carbocycles. The summed E-state index contributed by atoms with van der Waals surface area (Å²) in [6, 6.07) is 1.57. The fourth-order valence-corrected chi connectivity index (χ4v) is 0.769. The van der Waals surface area contributed by atoms with Crippen LogP contribution in [0.2, 0.25) is 0 Å². The molecule has 0 spiro atoms. The predicted molar refractivity (Wildman–Crippen MR) is 37.0 cm³/mol. The Kier molecular flexibility index (Phi) is 1.35. The van der Waals surface area contributed by atoms with Crippen LogP contribution in [0.15, 0.2) is 6.07 Å². The third-order valence-corrected chi connectivity index (χ3v) is 1.03. The monoisotopic (exact) mass is 143 g/mol. The molecule has 0 aliphatic carbocycles. The summed E-state index contributed by atoms with van der Waals surface area (Å²) in [7, 11) is 0. The number of anilines is 2. The van der Waals surface area contributed by atoms with Crippen LogP contribution in [0.3, 0.4) is 0 Å². The number of hydrogen-bond acceptors (Lipinski definition) is 3. The van der Waals surface area contributed by atoms with Crippen molar-refractivity contribution in [1.82, 2.24) is 4.98 Å². The summed E-state index contributed by atoms with van der Waals surface area (Å²) in [6.45, 7) is 0. The van der Waals surface area contributed by atoms with Gasteiger partial charge in [-0.15, -0.1) is 0 Å². The Labute approximate surface area is 56.9 Å². The smallest absolute Gasteiger partial charge is 0.293 e. The van der Waals surface area contributed by atoms with E-state index in [1.165, 1.54) is 0 Å². The van der Waals surface area contributed by atoms with Crippen molar-refractivity contribution in [1.29, 1.82) is 0 Å². The second kappa shape index (κ2) is 2.02. The SMILES string of the molecule is Nc1cc(N)[nH+]c(=S)[nH]1. The van der Waals surface area contributed by atoms with Gasteiger partial charge in [-0.25, -0.2) is 9.97 Å². The number of hydrogen-bond donors (Lipinski definition) is 3. The lowest BCUT2D eigenvalue weighted by atomic mass is 10.5. The first-order valence-corrected chi connectivity index (χ1v) is 2.77. The van der Waals surface area contributed by atoms with Crippen LogP contribution in [0.25, 0.3) is 0 Å². The first-order valence-electron chi connectivity index (χ1n) is 2.36. The van der Waals surface area contributed by atoms with Gasteiger partial charge in [0.1, 0.15) is 0 Å². The van der Waals surface area contributed by atoms with E-state index in [1.54, 1.807) is 6.07 Å². The molecule has 1 heterocycles. The molecule has 0 aliphatic heterocycles. The quantitative estimate of drug-likeness (QED) is 0.437. The average molecular weight is 143 g/mol. The number of aromatic nitrogens is 2. The van der Waals surface area contributed by atoms with Crippen molar-refractivity contribution >= 4 is 23.9 Å². The van der Waals surface area contributed by atoms with E-state index in [0.717, 1.165) is 0 Å². The Bertz CT molecular complexity index is 242. The highest BCUT2D eigenvalue weighted by molar-refractivity contribution is 7.71. The molecule has 1 rings (SSSR count). The van der Waals surface area contributed by atoms with Gasteiger partial charge in [0, 0.05) is 0 Å². The van der Waals surface area contributed by atoms with Crippen molar-refractivity contribution in [2.45, 2.75) is 0 Å². The molecule has 0 fully saturated rings. The molecule has 1 aromatic heterocycles. The molecule has 0 aliphatic rings. The first-order chi connectivity index (χ1) is 4.18. The van der Waals surface area contributed by atoms with Crippen LogP contribution in [-0.2, 0) is 0 Å². The normalized spacial score (nSPS) is 9.33. The second-order valence-electron chi connectivity index (χ2n) is 1.63. The largest absolute Gasteiger partial charge is 0.373 e. The molecule has 0 aromatic carbocycles. The van der Waals surface area contributed by atoms with E-state index >= 15 is 0 Å². The Morgan fingerprint density at radius 1 is 1.56 bits per heavy atom. The Hall–Kier alpha value is -1.10. The lowest BCUT2D eigenvalue weighted by molar-refractivity contribution is -0.373. The van der Waals surface area contributed by atoms with Gasteiger partial charge in [0.25, 0.3) is 4.77 Å². The average Bonchev–Trinajstić information content (AvgIpc) is 1.59. The summed E-state index contributed by atoms with van der Waals surface area (Å²) in [4.78, 5) is 5.34. The molecule has 5 heteroatoms. The molecule has 48 valence electrons. The van der Waals surface area contributed by atoms with E-state index in [4.69, 9.17) is 23.7 Å². The van der Waals surface area contributed by atoms with E-state index in [1.807, 2.05) is 0 Å². The molecule has 6 N–H and O–H groups in total. The number of nitrogens with one attached hydrogen (secondary N) is 2. The van der Waals surface area contributed by atoms with Crippen LogP contribution in [-0.4, -0.2) is 4.98 Å². The molecule has 9 heavy (non-hydrogen) atoms. The van der Waals surface area contributed by atoms with Gasteiger partial charge < -0.3 is 11.5 Å². The van der Waals surface area contributed by atoms with Crippen LogP contribution in [0, 0.1) is 4.77 Å². The summed E-state index contributed by atoms with van der Waals surface area (Å²) in [5.41, 5.74) is 10.7. The molecule has 0 unspecified atom stereocenters. The van der Waals surface area contributed by atoms with E-state index in [2.05, 4.69) is 9.97 Å². The van der Waals surface area contributed by atoms with Crippen LogP contribution < -0.4 is 16.5 Å². The minimum absolute atomic E-state index is 0.438. The van der Waals surface area contributed by atoms with Gasteiger partial charge in [0.2, 0.25) is 5.82 Å². The van der Waals surface area contributed by atoms with Crippen molar-refractivity contribution < 1.29 is 4.98 Å². The fraction of sp³-hybridized carbons (Fsp3) is 0. The Morgan fingerprint density at radius 2 is 2.22 bits per heavy atom. The molecule has 1 aromatic rings. The van der Waals surface area contributed by atoms with Crippen molar-refractivity contribution in [3.63, 3.8) is 0 Å². The van der Waals surface area contributed by atoms with E-state index in [0.29, 0.717) is 16.4 Å². The number of nitrogens with two attached hydrogens (primary N) is 2. The maximum absolute atomic E-state index is 5.34. The summed E-state index contributed by atoms with van der Waals surface area (Å²) < 4.78 is 0.438. The van der Waals surface area contributed by atoms with Crippen molar-refractivity contribution in [2.24, 2.45) is 0 Å². The van der Waals surface area contributed by atoms with E-state index in [-0.39, 0.29) is 0 Å². The molecule has 0 radical (unpaired) electrons. The Morgan fingerprint density at radius 3 is 2.67 bits per heavy atom. The van der Waals surface area contributed by atoms with Crippen molar-refractivity contribution in [2.75, 3.05) is 11.5 Å². The first kappa shape index (κ1) is 6.03. The lowest BCUT2D eigenvalue weighted by Crippen LogP contribution is -2.13. The molecule has 0 amide bonds. The maximum Gasteiger partial charge on any atom is 0.293 e. The van der Waals surface area contributed by atoms with Crippen LogP contribution in [0.4, 0.5) is 11.6 Å². The second-order valence-corrected chi connectivity index (χ2v) is 2.04. The molecule has 0 atom stereocenters. The van der Waals surface area contributed by atoms with Gasteiger partial charge in [-0.2, -0.15) is 0 Å². The zero-order valence-corrected chi connectivity index (χ0v) is 5.46. The highest BCUT2D eigenvalue weighted by Crippen LogP contribution is 1.95. The number of nitrogen functional groups attached to an aromatic ring is 2. The predicted octanol–water partition coefficient (Wildman–Crippen LogP) is -0.277. The zero-order valence-electron chi connectivity index (χ0n) is 4.64. The van der Waals surface area contributed by atoms with Gasteiger partial charge in [-0.3, -0.25) is 0 Å². The minimum Gasteiger partial charge on any atom is -0.373 e. The summed E-state index contributed by atoms with van der Waals surface area (Å²) in [6.07, 6.45) is 0. The number of aromatic amines is 2. The lowest BCUT2D eigenvalue weighted by Gasteiger charge is -1.87. The number of H-pyrrole nitrogens is 2. The van der Waals surface area contributed by atoms with Crippen molar-refractivity contribution in [3.8, 4) is 0 Å². The van der Waals surface area contributed by atoms with Crippen molar-refractivity contribution in [3.05, 3.63) is 10.8 Å². The van der Waals surface area contributed by atoms with Crippen LogP contribution in [0.1, 0.15) is 0 Å². The standard InChI is InChI=1S/C4H6N4S/c5-2-1-3(6)8-4(9)7-2/h1H,(H5,5,6,7,8,9)/p+1. The maximum atomic E-state index is 5.34. The third kappa shape index (κ3) is 1.39. The minimum atomic E-state index is 0.438. The van der Waals surface area contributed by atoms with Gasteiger partial charge >= 0.3 is 0 Å². The Balaban J connectivity index is 3.33. The highest BCUT2D eigenvalue weighted by atomic mass is 32.1. The van der Waals surface area contributed by atoms with E-state index in [9.17, 15) is 0 Å². The number of rotatable bonds is 0. The molecule has 0 bridgehead atoms. The van der Waals surface area contributed by atoms with Gasteiger partial charge in [-0.1, -0.05) is 0 Å². The van der Waals surface area contributed by atoms with Crippen LogP contribution >= 0.6 is 12.2 Å². The van der Waals surface area contributed by atoms with Gasteiger partial charge in [-0.05, 0) is 12.2 Å². The summed E-state index contributed by atoms with van der Waals surface area (Å²) in [5, 5.41) is 0. The van der Waals surface area contributed by atoms with Gasteiger partial charge in [0.15, 0.2) is 5.82 Å². The molecule has 4 nitrogen and oxygen atoms in total. The molecular formula is C4H7N4S+. The van der Waals surface area contributed by atoms with Crippen LogP contribution in [0.5, 0.6) is 0 Å². The van der Waals surface area contributed by atoms with Gasteiger partial charge in [0.05, 0.1) is 6.07 Å².